The van der Waals surface area contributed by atoms with Crippen LogP contribution in [0.1, 0.15) is 19.3 Å². The maximum atomic E-state index is 13.8. The lowest BCUT2D eigenvalue weighted by molar-refractivity contribution is 0.260. The molecule has 1 saturated heterocycles. The SMILES string of the molecule is Cl.NC1CCCC2CN(S(=O)(=O)c3ccc(F)c(F)c3F)CC12. The average molecular weight is 371 g/mol. The van der Waals surface area contributed by atoms with E-state index in [0.29, 0.717) is 6.07 Å². The van der Waals surface area contributed by atoms with E-state index in [1.54, 1.807) is 0 Å². The van der Waals surface area contributed by atoms with Gasteiger partial charge < -0.3 is 5.73 Å². The van der Waals surface area contributed by atoms with E-state index < -0.39 is 32.4 Å². The van der Waals surface area contributed by atoms with Crippen LogP contribution in [0.25, 0.3) is 0 Å². The molecule has 2 aliphatic rings. The maximum Gasteiger partial charge on any atom is 0.246 e. The molecule has 0 spiro atoms. The first kappa shape index (κ1) is 18.5. The Morgan fingerprint density at radius 2 is 1.78 bits per heavy atom. The van der Waals surface area contributed by atoms with Crippen molar-refractivity contribution in [2.45, 2.75) is 30.2 Å². The van der Waals surface area contributed by atoms with Crippen molar-refractivity contribution < 1.29 is 21.6 Å². The van der Waals surface area contributed by atoms with Crippen LogP contribution < -0.4 is 5.73 Å². The first-order valence-corrected chi connectivity index (χ1v) is 8.65. The van der Waals surface area contributed by atoms with Gasteiger partial charge in [0.05, 0.1) is 0 Å². The van der Waals surface area contributed by atoms with Crippen molar-refractivity contribution in [2.24, 2.45) is 17.6 Å². The Hall–Kier alpha value is -0.830. The fraction of sp³-hybridized carbons (Fsp3) is 0.571. The smallest absolute Gasteiger partial charge is 0.246 e. The summed E-state index contributed by atoms with van der Waals surface area (Å²) < 4.78 is 66.3. The molecule has 3 atom stereocenters. The predicted octanol–water partition coefficient (Wildman–Crippen LogP) is 2.27. The number of hydrogen-bond acceptors (Lipinski definition) is 3. The van der Waals surface area contributed by atoms with Crippen molar-refractivity contribution >= 4 is 22.4 Å². The molecular formula is C14H18ClF3N2O2S. The van der Waals surface area contributed by atoms with Crippen molar-refractivity contribution in [2.75, 3.05) is 13.1 Å². The van der Waals surface area contributed by atoms with Crippen LogP contribution in [-0.4, -0.2) is 31.9 Å². The third-order valence-corrected chi connectivity index (χ3v) is 6.59. The Bertz CT molecular complexity index is 702. The highest BCUT2D eigenvalue weighted by atomic mass is 35.5. The Kier molecular flexibility index (Phi) is 5.30. The molecule has 1 aromatic carbocycles. The van der Waals surface area contributed by atoms with Crippen molar-refractivity contribution in [1.29, 1.82) is 0 Å². The second kappa shape index (κ2) is 6.58. The normalized spacial score (nSPS) is 28.3. The molecule has 1 aliphatic carbocycles. The van der Waals surface area contributed by atoms with Gasteiger partial charge in [-0.3, -0.25) is 0 Å². The van der Waals surface area contributed by atoms with Crippen molar-refractivity contribution in [3.05, 3.63) is 29.6 Å². The molecule has 2 fully saturated rings. The van der Waals surface area contributed by atoms with Gasteiger partial charge >= 0.3 is 0 Å². The van der Waals surface area contributed by atoms with E-state index in [1.165, 1.54) is 0 Å². The summed E-state index contributed by atoms with van der Waals surface area (Å²) in [4.78, 5) is -0.821. The molecule has 1 aromatic rings. The van der Waals surface area contributed by atoms with Crippen LogP contribution in [0.15, 0.2) is 17.0 Å². The van der Waals surface area contributed by atoms with Gasteiger partial charge in [0.25, 0.3) is 0 Å². The van der Waals surface area contributed by atoms with Gasteiger partial charge in [-0.05, 0) is 36.8 Å². The van der Waals surface area contributed by atoms with Crippen LogP contribution in [0.4, 0.5) is 13.2 Å². The minimum absolute atomic E-state index is 0. The summed E-state index contributed by atoms with van der Waals surface area (Å²) in [6, 6.07) is 1.32. The molecule has 3 rings (SSSR count). The summed E-state index contributed by atoms with van der Waals surface area (Å²) >= 11 is 0. The van der Waals surface area contributed by atoms with Gasteiger partial charge in [-0.15, -0.1) is 12.4 Å². The highest BCUT2D eigenvalue weighted by Crippen LogP contribution is 2.38. The van der Waals surface area contributed by atoms with E-state index in [0.717, 1.165) is 29.6 Å². The van der Waals surface area contributed by atoms with Gasteiger partial charge in [0.15, 0.2) is 17.5 Å². The Morgan fingerprint density at radius 3 is 2.43 bits per heavy atom. The van der Waals surface area contributed by atoms with Crippen LogP contribution in [0.2, 0.25) is 0 Å². The van der Waals surface area contributed by atoms with Crippen LogP contribution in [0.3, 0.4) is 0 Å². The number of rotatable bonds is 2. The molecule has 0 radical (unpaired) electrons. The van der Waals surface area contributed by atoms with Gasteiger partial charge in [-0.1, -0.05) is 6.42 Å². The van der Waals surface area contributed by atoms with E-state index >= 15 is 0 Å². The van der Waals surface area contributed by atoms with Crippen molar-refractivity contribution in [1.82, 2.24) is 4.31 Å². The summed E-state index contributed by atoms with van der Waals surface area (Å²) in [7, 11) is -4.19. The lowest BCUT2D eigenvalue weighted by atomic mass is 9.78. The molecule has 0 aromatic heterocycles. The van der Waals surface area contributed by atoms with Gasteiger partial charge in [-0.25, -0.2) is 21.6 Å². The van der Waals surface area contributed by atoms with Gasteiger partial charge in [0, 0.05) is 19.1 Å². The second-order valence-corrected chi connectivity index (χ2v) is 7.92. The molecule has 1 heterocycles. The lowest BCUT2D eigenvalue weighted by Gasteiger charge is -2.29. The molecule has 1 saturated carbocycles. The second-order valence-electron chi connectivity index (χ2n) is 6.01. The summed E-state index contributed by atoms with van der Waals surface area (Å²) in [6.07, 6.45) is 2.66. The van der Waals surface area contributed by atoms with Crippen molar-refractivity contribution in [3.63, 3.8) is 0 Å². The fourth-order valence-electron chi connectivity index (χ4n) is 3.52. The third-order valence-electron chi connectivity index (χ3n) is 4.74. The van der Waals surface area contributed by atoms with Crippen LogP contribution >= 0.6 is 12.4 Å². The predicted molar refractivity (Wildman–Crippen MR) is 81.1 cm³/mol. The quantitative estimate of drug-likeness (QED) is 0.812. The maximum absolute atomic E-state index is 13.8. The zero-order chi connectivity index (χ0) is 16.1. The van der Waals surface area contributed by atoms with Gasteiger partial charge in [-0.2, -0.15) is 4.31 Å². The number of hydrogen-bond donors (Lipinski definition) is 1. The average Bonchev–Trinajstić information content (AvgIpc) is 2.91. The molecule has 0 bridgehead atoms. The standard InChI is InChI=1S/C14H17F3N2O2S.ClH/c15-10-4-5-12(14(17)13(10)16)22(20,21)19-6-8-2-1-3-11(18)9(8)7-19;/h4-5,8-9,11H,1-3,6-7,18H2;1H. The molecule has 1 aliphatic heterocycles. The number of benzene rings is 1. The van der Waals surface area contributed by atoms with E-state index in [4.69, 9.17) is 5.73 Å². The summed E-state index contributed by atoms with van der Waals surface area (Å²) in [5.74, 6) is -4.66. The molecule has 3 unspecified atom stereocenters. The van der Waals surface area contributed by atoms with E-state index in [2.05, 4.69) is 0 Å². The monoisotopic (exact) mass is 370 g/mol. The molecule has 9 heteroatoms. The Balaban J connectivity index is 0.00000192. The number of halogens is 4. The van der Waals surface area contributed by atoms with Crippen LogP contribution in [0, 0.1) is 29.3 Å². The fourth-order valence-corrected chi connectivity index (χ4v) is 5.11. The number of nitrogens with zero attached hydrogens (tertiary/aromatic N) is 1. The van der Waals surface area contributed by atoms with E-state index in [1.807, 2.05) is 0 Å². The van der Waals surface area contributed by atoms with Crippen LogP contribution in [-0.2, 0) is 10.0 Å². The summed E-state index contributed by atoms with van der Waals surface area (Å²) in [5, 5.41) is 0. The number of sulfonamides is 1. The van der Waals surface area contributed by atoms with E-state index in [9.17, 15) is 21.6 Å². The zero-order valence-corrected chi connectivity index (χ0v) is 13.8. The molecule has 130 valence electrons. The topological polar surface area (TPSA) is 63.4 Å². The Morgan fingerprint density at radius 1 is 1.09 bits per heavy atom. The molecule has 0 amide bonds. The molecule has 4 nitrogen and oxygen atoms in total. The molecule has 2 N–H and O–H groups in total. The zero-order valence-electron chi connectivity index (χ0n) is 12.2. The van der Waals surface area contributed by atoms with Gasteiger partial charge in [0.2, 0.25) is 10.0 Å². The minimum Gasteiger partial charge on any atom is -0.327 e. The van der Waals surface area contributed by atoms with Gasteiger partial charge in [0.1, 0.15) is 4.90 Å². The highest BCUT2D eigenvalue weighted by Gasteiger charge is 2.44. The third kappa shape index (κ3) is 3.09. The molecule has 23 heavy (non-hydrogen) atoms. The Labute approximate surface area is 139 Å². The first-order chi connectivity index (χ1) is 10.3. The largest absolute Gasteiger partial charge is 0.327 e. The van der Waals surface area contributed by atoms with E-state index in [-0.39, 0.29) is 43.4 Å². The van der Waals surface area contributed by atoms with Crippen LogP contribution in [0.5, 0.6) is 0 Å². The summed E-state index contributed by atoms with van der Waals surface area (Å²) in [5.41, 5.74) is 6.03. The molecular weight excluding hydrogens is 353 g/mol. The highest BCUT2D eigenvalue weighted by molar-refractivity contribution is 7.89. The van der Waals surface area contributed by atoms with Crippen molar-refractivity contribution in [3.8, 4) is 0 Å². The summed E-state index contributed by atoms with van der Waals surface area (Å²) in [6.45, 7) is 0.450. The number of nitrogens with two attached hydrogens (primary N) is 1. The lowest BCUT2D eigenvalue weighted by Crippen LogP contribution is -2.38. The first-order valence-electron chi connectivity index (χ1n) is 7.21. The number of fused-ring (bicyclic) bond motifs is 1. The minimum atomic E-state index is -4.19.